The van der Waals surface area contributed by atoms with Gasteiger partial charge in [0.05, 0.1) is 19.9 Å². The van der Waals surface area contributed by atoms with Gasteiger partial charge in [0.15, 0.2) is 0 Å². The third-order valence-electron chi connectivity index (χ3n) is 4.01. The highest BCUT2D eigenvalue weighted by atomic mass is 35.5. The number of aryl methyl sites for hydroxylation is 1. The Morgan fingerprint density at radius 2 is 1.82 bits per heavy atom. The third-order valence-corrected chi connectivity index (χ3v) is 4.24. The molecule has 1 amide bonds. The standard InChI is InChI=1S/C20H19ClN4O3/c1-12-8-13(21)4-6-15(12)25-20(26)17-10-19(23-11-22-17)24-16-9-14(27-2)5-7-18(16)28-3/h4-11H,1-3H3,(H,25,26)(H,22,23,24). The number of ether oxygens (including phenoxy) is 2. The topological polar surface area (TPSA) is 85.4 Å². The van der Waals surface area contributed by atoms with Crippen molar-refractivity contribution in [1.82, 2.24) is 9.97 Å². The lowest BCUT2D eigenvalue weighted by Crippen LogP contribution is -2.15. The van der Waals surface area contributed by atoms with Crippen molar-refractivity contribution in [2.24, 2.45) is 0 Å². The quantitative estimate of drug-likeness (QED) is 0.638. The Morgan fingerprint density at radius 3 is 2.54 bits per heavy atom. The molecule has 3 aromatic rings. The SMILES string of the molecule is COc1ccc(OC)c(Nc2cc(C(=O)Nc3ccc(Cl)cc3C)ncn2)c1. The molecular formula is C20H19ClN4O3. The van der Waals surface area contributed by atoms with E-state index in [2.05, 4.69) is 20.6 Å². The molecule has 0 saturated heterocycles. The highest BCUT2D eigenvalue weighted by Crippen LogP contribution is 2.31. The Bertz CT molecular complexity index is 1010. The van der Waals surface area contributed by atoms with Crippen LogP contribution in [0.5, 0.6) is 11.5 Å². The van der Waals surface area contributed by atoms with Gasteiger partial charge in [-0.3, -0.25) is 4.79 Å². The number of nitrogens with one attached hydrogen (secondary N) is 2. The molecule has 7 nitrogen and oxygen atoms in total. The van der Waals surface area contributed by atoms with Gasteiger partial charge in [0.25, 0.3) is 5.91 Å². The fourth-order valence-electron chi connectivity index (χ4n) is 2.55. The van der Waals surface area contributed by atoms with Gasteiger partial charge in [-0.1, -0.05) is 11.6 Å². The first-order valence-electron chi connectivity index (χ1n) is 8.38. The number of rotatable bonds is 6. The van der Waals surface area contributed by atoms with Crippen LogP contribution in [0.2, 0.25) is 5.02 Å². The second-order valence-electron chi connectivity index (χ2n) is 5.89. The minimum atomic E-state index is -0.353. The van der Waals surface area contributed by atoms with Crippen LogP contribution in [0.1, 0.15) is 16.1 Å². The van der Waals surface area contributed by atoms with Crippen LogP contribution in [0.3, 0.4) is 0 Å². The number of halogens is 1. The number of hydrogen-bond donors (Lipinski definition) is 2. The number of carbonyl (C=O) groups is 1. The zero-order valence-corrected chi connectivity index (χ0v) is 16.4. The van der Waals surface area contributed by atoms with Gasteiger partial charge in [0.2, 0.25) is 0 Å². The monoisotopic (exact) mass is 398 g/mol. The molecule has 144 valence electrons. The van der Waals surface area contributed by atoms with Crippen LogP contribution in [0.15, 0.2) is 48.8 Å². The summed E-state index contributed by atoms with van der Waals surface area (Å²) in [5, 5.41) is 6.56. The molecule has 0 radical (unpaired) electrons. The van der Waals surface area contributed by atoms with E-state index in [0.717, 1.165) is 5.56 Å². The summed E-state index contributed by atoms with van der Waals surface area (Å²) in [6.07, 6.45) is 1.32. The predicted molar refractivity (Wildman–Crippen MR) is 109 cm³/mol. The number of nitrogens with zero attached hydrogens (tertiary/aromatic N) is 2. The number of aromatic nitrogens is 2. The fourth-order valence-corrected chi connectivity index (χ4v) is 2.78. The van der Waals surface area contributed by atoms with Crippen molar-refractivity contribution in [3.63, 3.8) is 0 Å². The molecule has 1 aromatic heterocycles. The van der Waals surface area contributed by atoms with Crippen LogP contribution >= 0.6 is 11.6 Å². The van der Waals surface area contributed by atoms with Gasteiger partial charge in [-0.2, -0.15) is 0 Å². The number of benzene rings is 2. The lowest BCUT2D eigenvalue weighted by molar-refractivity contribution is 0.102. The first-order valence-corrected chi connectivity index (χ1v) is 8.76. The lowest BCUT2D eigenvalue weighted by atomic mass is 10.2. The highest BCUT2D eigenvalue weighted by Gasteiger charge is 2.12. The number of anilines is 3. The third kappa shape index (κ3) is 4.50. The Labute approximate surface area is 167 Å². The van der Waals surface area contributed by atoms with Crippen molar-refractivity contribution in [1.29, 1.82) is 0 Å². The summed E-state index contributed by atoms with van der Waals surface area (Å²) in [7, 11) is 3.15. The van der Waals surface area contributed by atoms with Gasteiger partial charge >= 0.3 is 0 Å². The van der Waals surface area contributed by atoms with Crippen molar-refractivity contribution in [3.05, 3.63) is 65.1 Å². The van der Waals surface area contributed by atoms with E-state index in [-0.39, 0.29) is 11.6 Å². The molecule has 1 heterocycles. The second kappa shape index (κ2) is 8.58. The Morgan fingerprint density at radius 1 is 1.00 bits per heavy atom. The van der Waals surface area contributed by atoms with Gasteiger partial charge in [0.1, 0.15) is 29.3 Å². The maximum absolute atomic E-state index is 12.6. The lowest BCUT2D eigenvalue weighted by Gasteiger charge is -2.13. The van der Waals surface area contributed by atoms with Gasteiger partial charge < -0.3 is 20.1 Å². The van der Waals surface area contributed by atoms with Crippen LogP contribution in [0.4, 0.5) is 17.2 Å². The molecular weight excluding hydrogens is 380 g/mol. The highest BCUT2D eigenvalue weighted by molar-refractivity contribution is 6.30. The van der Waals surface area contributed by atoms with Gasteiger partial charge in [0, 0.05) is 22.8 Å². The first-order chi connectivity index (χ1) is 13.5. The molecule has 0 aliphatic heterocycles. The van der Waals surface area contributed by atoms with Crippen LogP contribution in [0, 0.1) is 6.92 Å². The molecule has 0 atom stereocenters. The zero-order chi connectivity index (χ0) is 20.1. The summed E-state index contributed by atoms with van der Waals surface area (Å²) >= 11 is 5.95. The average Bonchev–Trinajstić information content (AvgIpc) is 2.70. The molecule has 0 aliphatic carbocycles. The van der Waals surface area contributed by atoms with Crippen molar-refractivity contribution in [3.8, 4) is 11.5 Å². The molecule has 0 spiro atoms. The number of carbonyl (C=O) groups excluding carboxylic acids is 1. The fraction of sp³-hybridized carbons (Fsp3) is 0.150. The van der Waals surface area contributed by atoms with Gasteiger partial charge in [-0.25, -0.2) is 9.97 Å². The van der Waals surface area contributed by atoms with E-state index in [4.69, 9.17) is 21.1 Å². The minimum absolute atomic E-state index is 0.216. The average molecular weight is 399 g/mol. The molecule has 2 aromatic carbocycles. The van der Waals surface area contributed by atoms with E-state index >= 15 is 0 Å². The summed E-state index contributed by atoms with van der Waals surface area (Å²) in [5.41, 5.74) is 2.39. The largest absolute Gasteiger partial charge is 0.497 e. The second-order valence-corrected chi connectivity index (χ2v) is 6.33. The number of amides is 1. The molecule has 8 heteroatoms. The van der Waals surface area contributed by atoms with Crippen molar-refractivity contribution in [2.45, 2.75) is 6.92 Å². The Balaban J connectivity index is 1.81. The summed E-state index contributed by atoms with van der Waals surface area (Å²) in [6.45, 7) is 1.86. The normalized spacial score (nSPS) is 10.3. The number of hydrogen-bond acceptors (Lipinski definition) is 6. The van der Waals surface area contributed by atoms with Crippen molar-refractivity contribution < 1.29 is 14.3 Å². The summed E-state index contributed by atoms with van der Waals surface area (Å²) < 4.78 is 10.6. The van der Waals surface area contributed by atoms with Crippen LogP contribution in [0.25, 0.3) is 0 Å². The zero-order valence-electron chi connectivity index (χ0n) is 15.6. The maximum Gasteiger partial charge on any atom is 0.274 e. The van der Waals surface area contributed by atoms with Crippen LogP contribution in [-0.2, 0) is 0 Å². The smallest absolute Gasteiger partial charge is 0.274 e. The van der Waals surface area contributed by atoms with Gasteiger partial charge in [-0.15, -0.1) is 0 Å². The molecule has 0 unspecified atom stereocenters. The first kappa shape index (κ1) is 19.4. The van der Waals surface area contributed by atoms with Crippen LogP contribution in [-0.4, -0.2) is 30.1 Å². The molecule has 2 N–H and O–H groups in total. The van der Waals surface area contributed by atoms with Crippen molar-refractivity contribution in [2.75, 3.05) is 24.9 Å². The van der Waals surface area contributed by atoms with Crippen molar-refractivity contribution >= 4 is 34.7 Å². The van der Waals surface area contributed by atoms with Crippen LogP contribution < -0.4 is 20.1 Å². The molecule has 0 saturated carbocycles. The molecule has 0 aliphatic rings. The summed E-state index contributed by atoms with van der Waals surface area (Å²) in [5.74, 6) is 1.36. The summed E-state index contributed by atoms with van der Waals surface area (Å²) in [6, 6.07) is 12.1. The van der Waals surface area contributed by atoms with E-state index in [1.54, 1.807) is 56.7 Å². The molecule has 3 rings (SSSR count). The molecule has 0 fully saturated rings. The maximum atomic E-state index is 12.6. The molecule has 0 bridgehead atoms. The van der Waals surface area contributed by atoms with E-state index in [1.165, 1.54) is 6.33 Å². The van der Waals surface area contributed by atoms with Gasteiger partial charge in [-0.05, 0) is 42.8 Å². The van der Waals surface area contributed by atoms with E-state index < -0.39 is 0 Å². The Kier molecular flexibility index (Phi) is 5.96. The minimum Gasteiger partial charge on any atom is -0.497 e. The Hall–Kier alpha value is -3.32. The number of methoxy groups -OCH3 is 2. The van der Waals surface area contributed by atoms with E-state index in [0.29, 0.717) is 33.7 Å². The van der Waals surface area contributed by atoms with E-state index in [1.807, 2.05) is 6.92 Å². The summed E-state index contributed by atoms with van der Waals surface area (Å²) in [4.78, 5) is 20.8. The van der Waals surface area contributed by atoms with E-state index in [9.17, 15) is 4.79 Å². The molecule has 28 heavy (non-hydrogen) atoms. The predicted octanol–water partition coefficient (Wildman–Crippen LogP) is 4.45.